The second-order valence-electron chi connectivity index (χ2n) is 5.59. The van der Waals surface area contributed by atoms with Crippen LogP contribution in [0.3, 0.4) is 0 Å². The summed E-state index contributed by atoms with van der Waals surface area (Å²) in [6.45, 7) is 7.92. The maximum atomic E-state index is 5.51. The number of ether oxygens (including phenoxy) is 1. The highest BCUT2D eigenvalue weighted by Gasteiger charge is 2.17. The zero-order valence-corrected chi connectivity index (χ0v) is 14.2. The van der Waals surface area contributed by atoms with E-state index in [0.717, 1.165) is 12.3 Å². The third kappa shape index (κ3) is 6.06. The van der Waals surface area contributed by atoms with Crippen LogP contribution in [0.25, 0.3) is 0 Å². The highest BCUT2D eigenvalue weighted by atomic mass is 16.5. The minimum absolute atomic E-state index is 0.315. The van der Waals surface area contributed by atoms with Crippen LogP contribution >= 0.6 is 0 Å². The van der Waals surface area contributed by atoms with Crippen LogP contribution in [0.4, 0.5) is 0 Å². The van der Waals surface area contributed by atoms with Crippen molar-refractivity contribution in [2.45, 2.75) is 45.6 Å². The highest BCUT2D eigenvalue weighted by Crippen LogP contribution is 2.25. The largest absolute Gasteiger partial charge is 0.496 e. The number of nitrogens with one attached hydrogen (secondary N) is 1. The Hall–Kier alpha value is -1.06. The average molecular weight is 292 g/mol. The first-order valence-electron chi connectivity index (χ1n) is 8.29. The molecule has 0 aliphatic rings. The lowest BCUT2D eigenvalue weighted by molar-refractivity contribution is 0.237. The van der Waals surface area contributed by atoms with Crippen molar-refractivity contribution in [3.63, 3.8) is 0 Å². The first kappa shape index (κ1) is 18.0. The molecule has 0 radical (unpaired) electrons. The van der Waals surface area contributed by atoms with Crippen LogP contribution < -0.4 is 10.1 Å². The number of methoxy groups -OCH3 is 1. The fourth-order valence-corrected chi connectivity index (χ4v) is 2.62. The molecule has 120 valence electrons. The Kier molecular flexibility index (Phi) is 9.11. The summed E-state index contributed by atoms with van der Waals surface area (Å²) in [5, 5.41) is 3.45. The summed E-state index contributed by atoms with van der Waals surface area (Å²) in [7, 11) is 3.78. The van der Waals surface area contributed by atoms with Crippen LogP contribution in [0.5, 0.6) is 5.75 Å². The molecule has 1 rings (SSSR count). The number of unbranched alkanes of at least 4 members (excludes halogenated alkanes) is 2. The Morgan fingerprint density at radius 3 is 2.24 bits per heavy atom. The predicted octanol–water partition coefficient (Wildman–Crippen LogP) is 3.86. The molecule has 1 aromatic rings. The van der Waals surface area contributed by atoms with Gasteiger partial charge in [-0.15, -0.1) is 0 Å². The predicted molar refractivity (Wildman–Crippen MR) is 91.1 cm³/mol. The average Bonchev–Trinajstić information content (AvgIpc) is 2.54. The molecule has 0 bridgehead atoms. The van der Waals surface area contributed by atoms with Gasteiger partial charge in [-0.25, -0.2) is 0 Å². The standard InChI is InChI=1S/C18H32N2O/c1-5-7-13-20(14-8-6-2)15-17(19-3)16-11-9-10-12-18(16)21-4/h9-12,17,19H,5-8,13-15H2,1-4H3. The molecule has 1 atom stereocenters. The number of hydrogen-bond donors (Lipinski definition) is 1. The topological polar surface area (TPSA) is 24.5 Å². The number of nitrogens with zero attached hydrogens (tertiary/aromatic N) is 1. The summed E-state index contributed by atoms with van der Waals surface area (Å²) in [5.41, 5.74) is 1.25. The van der Waals surface area contributed by atoms with Crippen molar-refractivity contribution >= 4 is 0 Å². The van der Waals surface area contributed by atoms with Crippen molar-refractivity contribution in [3.8, 4) is 5.75 Å². The minimum Gasteiger partial charge on any atom is -0.496 e. The molecule has 21 heavy (non-hydrogen) atoms. The van der Waals surface area contributed by atoms with Gasteiger partial charge < -0.3 is 15.0 Å². The maximum Gasteiger partial charge on any atom is 0.123 e. The van der Waals surface area contributed by atoms with Gasteiger partial charge in [0.2, 0.25) is 0 Å². The molecule has 0 saturated carbocycles. The summed E-state index contributed by atoms with van der Waals surface area (Å²) in [6, 6.07) is 8.64. The molecule has 0 amide bonds. The Morgan fingerprint density at radius 1 is 1.10 bits per heavy atom. The van der Waals surface area contributed by atoms with Gasteiger partial charge in [0.15, 0.2) is 0 Å². The third-order valence-electron chi connectivity index (χ3n) is 3.96. The number of rotatable bonds is 11. The lowest BCUT2D eigenvalue weighted by atomic mass is 10.0. The molecule has 1 N–H and O–H groups in total. The molecular formula is C18H32N2O. The van der Waals surface area contributed by atoms with E-state index in [2.05, 4.69) is 36.2 Å². The van der Waals surface area contributed by atoms with E-state index in [0.29, 0.717) is 6.04 Å². The van der Waals surface area contributed by atoms with Crippen molar-refractivity contribution in [3.05, 3.63) is 29.8 Å². The van der Waals surface area contributed by atoms with Crippen molar-refractivity contribution in [1.82, 2.24) is 10.2 Å². The van der Waals surface area contributed by atoms with E-state index in [-0.39, 0.29) is 0 Å². The Labute approximate surface area is 130 Å². The second kappa shape index (κ2) is 10.6. The Morgan fingerprint density at radius 2 is 1.71 bits per heavy atom. The van der Waals surface area contributed by atoms with Gasteiger partial charge >= 0.3 is 0 Å². The minimum atomic E-state index is 0.315. The zero-order valence-electron chi connectivity index (χ0n) is 14.2. The summed E-state index contributed by atoms with van der Waals surface area (Å²) in [5.74, 6) is 0.975. The first-order valence-corrected chi connectivity index (χ1v) is 8.29. The van der Waals surface area contributed by atoms with E-state index in [1.807, 2.05) is 19.2 Å². The van der Waals surface area contributed by atoms with Gasteiger partial charge in [-0.2, -0.15) is 0 Å². The maximum absolute atomic E-state index is 5.51. The van der Waals surface area contributed by atoms with E-state index >= 15 is 0 Å². The molecule has 0 aliphatic carbocycles. The summed E-state index contributed by atoms with van der Waals surface area (Å²) >= 11 is 0. The van der Waals surface area contributed by atoms with E-state index < -0.39 is 0 Å². The van der Waals surface area contributed by atoms with Gasteiger partial charge in [-0.3, -0.25) is 0 Å². The van der Waals surface area contributed by atoms with E-state index in [4.69, 9.17) is 4.74 Å². The van der Waals surface area contributed by atoms with Gasteiger partial charge in [0.05, 0.1) is 7.11 Å². The molecule has 1 aromatic carbocycles. The van der Waals surface area contributed by atoms with Crippen molar-refractivity contribution < 1.29 is 4.74 Å². The van der Waals surface area contributed by atoms with Crippen LogP contribution in [0, 0.1) is 0 Å². The van der Waals surface area contributed by atoms with Crippen molar-refractivity contribution in [1.29, 1.82) is 0 Å². The fourth-order valence-electron chi connectivity index (χ4n) is 2.62. The SMILES string of the molecule is CCCCN(CCCC)CC(NC)c1ccccc1OC. The number of benzene rings is 1. The van der Waals surface area contributed by atoms with Crippen LogP contribution in [0.15, 0.2) is 24.3 Å². The second-order valence-corrected chi connectivity index (χ2v) is 5.59. The summed E-state index contributed by atoms with van der Waals surface area (Å²) in [4.78, 5) is 2.58. The molecule has 0 fully saturated rings. The zero-order chi connectivity index (χ0) is 15.5. The number of likely N-dealkylation sites (N-methyl/N-ethyl adjacent to an activating group) is 1. The molecule has 1 unspecified atom stereocenters. The van der Waals surface area contributed by atoms with Crippen molar-refractivity contribution in [2.75, 3.05) is 33.8 Å². The van der Waals surface area contributed by atoms with Crippen LogP contribution in [0.2, 0.25) is 0 Å². The molecule has 3 heteroatoms. The van der Waals surface area contributed by atoms with E-state index in [1.165, 1.54) is 44.3 Å². The smallest absolute Gasteiger partial charge is 0.123 e. The quantitative estimate of drug-likeness (QED) is 0.670. The molecule has 0 heterocycles. The fraction of sp³-hybridized carbons (Fsp3) is 0.667. The number of hydrogen-bond acceptors (Lipinski definition) is 3. The lowest BCUT2D eigenvalue weighted by Crippen LogP contribution is -2.35. The van der Waals surface area contributed by atoms with E-state index in [9.17, 15) is 0 Å². The van der Waals surface area contributed by atoms with Gasteiger partial charge in [0, 0.05) is 18.2 Å². The van der Waals surface area contributed by atoms with Crippen LogP contribution in [-0.2, 0) is 0 Å². The molecule has 0 aliphatic heterocycles. The first-order chi connectivity index (χ1) is 10.3. The Bertz CT molecular complexity index is 373. The van der Waals surface area contributed by atoms with Gasteiger partial charge in [-0.1, -0.05) is 44.9 Å². The van der Waals surface area contributed by atoms with Crippen LogP contribution in [0.1, 0.15) is 51.1 Å². The molecule has 0 aromatic heterocycles. The van der Waals surface area contributed by atoms with Gasteiger partial charge in [0.25, 0.3) is 0 Å². The lowest BCUT2D eigenvalue weighted by Gasteiger charge is -2.28. The van der Waals surface area contributed by atoms with Crippen molar-refractivity contribution in [2.24, 2.45) is 0 Å². The molecule has 0 spiro atoms. The van der Waals surface area contributed by atoms with Crippen LogP contribution in [-0.4, -0.2) is 38.7 Å². The normalized spacial score (nSPS) is 12.6. The van der Waals surface area contributed by atoms with E-state index in [1.54, 1.807) is 7.11 Å². The number of para-hydroxylation sites is 1. The third-order valence-corrected chi connectivity index (χ3v) is 3.96. The summed E-state index contributed by atoms with van der Waals surface area (Å²) < 4.78 is 5.51. The molecule has 3 nitrogen and oxygen atoms in total. The monoisotopic (exact) mass is 292 g/mol. The molecule has 0 saturated heterocycles. The highest BCUT2D eigenvalue weighted by molar-refractivity contribution is 5.36. The Balaban J connectivity index is 2.76. The van der Waals surface area contributed by atoms with Gasteiger partial charge in [-0.05, 0) is 39.0 Å². The van der Waals surface area contributed by atoms with Gasteiger partial charge in [0.1, 0.15) is 5.75 Å². The summed E-state index contributed by atoms with van der Waals surface area (Å²) in [6.07, 6.45) is 5.04. The molecular weight excluding hydrogens is 260 g/mol.